The summed E-state index contributed by atoms with van der Waals surface area (Å²) in [5.41, 5.74) is 2.41. The van der Waals surface area contributed by atoms with E-state index in [2.05, 4.69) is 5.32 Å². The molecule has 0 aliphatic heterocycles. The molecule has 0 aliphatic rings. The number of hydrogen-bond donors (Lipinski definition) is 1. The molecule has 25 heavy (non-hydrogen) atoms. The van der Waals surface area contributed by atoms with Crippen LogP contribution >= 0.6 is 0 Å². The van der Waals surface area contributed by atoms with E-state index in [1.54, 1.807) is 48.5 Å². The van der Waals surface area contributed by atoms with E-state index in [-0.39, 0.29) is 17.5 Å². The van der Waals surface area contributed by atoms with Gasteiger partial charge in [-0.25, -0.2) is 4.39 Å². The van der Waals surface area contributed by atoms with Crippen molar-refractivity contribution in [3.8, 4) is 0 Å². The number of amides is 1. The number of benzene rings is 3. The van der Waals surface area contributed by atoms with Gasteiger partial charge < -0.3 is 5.32 Å². The number of nitrogens with one attached hydrogen (secondary N) is 1. The first-order chi connectivity index (χ1) is 12.1. The average molecular weight is 333 g/mol. The molecule has 3 rings (SSSR count). The van der Waals surface area contributed by atoms with Crippen LogP contribution < -0.4 is 5.32 Å². The summed E-state index contributed by atoms with van der Waals surface area (Å²) in [6.07, 6.45) is 0. The van der Waals surface area contributed by atoms with E-state index in [1.807, 2.05) is 18.2 Å². The van der Waals surface area contributed by atoms with E-state index >= 15 is 0 Å². The van der Waals surface area contributed by atoms with Crippen molar-refractivity contribution in [2.75, 3.05) is 0 Å². The number of hydrogen-bond acceptors (Lipinski definition) is 2. The Balaban J connectivity index is 1.64. The van der Waals surface area contributed by atoms with Crippen molar-refractivity contribution >= 4 is 11.7 Å². The normalized spacial score (nSPS) is 10.3. The zero-order chi connectivity index (χ0) is 17.6. The minimum Gasteiger partial charge on any atom is -0.348 e. The zero-order valence-electron chi connectivity index (χ0n) is 13.4. The predicted octanol–water partition coefficient (Wildman–Crippen LogP) is 3.99. The van der Waals surface area contributed by atoms with Gasteiger partial charge in [-0.05, 0) is 29.8 Å². The van der Waals surface area contributed by atoms with Gasteiger partial charge in [-0.1, -0.05) is 54.6 Å². The molecule has 1 N–H and O–H groups in total. The Bertz CT molecular complexity index is 872. The van der Waals surface area contributed by atoms with Crippen LogP contribution in [0.25, 0.3) is 0 Å². The second kappa shape index (κ2) is 7.53. The molecule has 0 aromatic heterocycles. The maximum absolute atomic E-state index is 12.9. The van der Waals surface area contributed by atoms with E-state index < -0.39 is 0 Å². The lowest BCUT2D eigenvalue weighted by molar-refractivity contribution is 0.0949. The standard InChI is InChI=1S/C21H16FNO2/c22-19-12-6-15(7-13-19)14-23-21(25)18-10-8-17(9-11-18)20(24)16-4-2-1-3-5-16/h1-13H,14H2,(H,23,25). The van der Waals surface area contributed by atoms with E-state index in [1.165, 1.54) is 12.1 Å². The van der Waals surface area contributed by atoms with Crippen LogP contribution in [0.3, 0.4) is 0 Å². The molecule has 3 aromatic rings. The van der Waals surface area contributed by atoms with Crippen LogP contribution in [0.2, 0.25) is 0 Å². The van der Waals surface area contributed by atoms with E-state index in [4.69, 9.17) is 0 Å². The van der Waals surface area contributed by atoms with Gasteiger partial charge in [0, 0.05) is 23.2 Å². The van der Waals surface area contributed by atoms with Gasteiger partial charge in [-0.3, -0.25) is 9.59 Å². The van der Waals surface area contributed by atoms with Crippen molar-refractivity contribution in [1.29, 1.82) is 0 Å². The summed E-state index contributed by atoms with van der Waals surface area (Å²) >= 11 is 0. The topological polar surface area (TPSA) is 46.2 Å². The van der Waals surface area contributed by atoms with Gasteiger partial charge in [0.25, 0.3) is 5.91 Å². The second-order valence-electron chi connectivity index (χ2n) is 5.58. The summed E-state index contributed by atoms with van der Waals surface area (Å²) in [4.78, 5) is 24.5. The third-order valence-electron chi connectivity index (χ3n) is 3.81. The number of rotatable bonds is 5. The van der Waals surface area contributed by atoms with Gasteiger partial charge in [0.2, 0.25) is 0 Å². The Morgan fingerprint density at radius 2 is 1.28 bits per heavy atom. The Hall–Kier alpha value is -3.27. The molecule has 3 aromatic carbocycles. The first kappa shape index (κ1) is 16.6. The third kappa shape index (κ3) is 4.18. The lowest BCUT2D eigenvalue weighted by Crippen LogP contribution is -2.22. The quantitative estimate of drug-likeness (QED) is 0.718. The molecular formula is C21H16FNO2. The number of ketones is 1. The van der Waals surface area contributed by atoms with Crippen LogP contribution in [0.5, 0.6) is 0 Å². The summed E-state index contributed by atoms with van der Waals surface area (Å²) in [5, 5.41) is 2.77. The average Bonchev–Trinajstić information content (AvgIpc) is 2.67. The van der Waals surface area contributed by atoms with Gasteiger partial charge in [-0.2, -0.15) is 0 Å². The third-order valence-corrected chi connectivity index (χ3v) is 3.81. The lowest BCUT2D eigenvalue weighted by atomic mass is 10.0. The Morgan fingerprint density at radius 3 is 1.92 bits per heavy atom. The van der Waals surface area contributed by atoms with Crippen molar-refractivity contribution < 1.29 is 14.0 Å². The molecule has 0 saturated heterocycles. The van der Waals surface area contributed by atoms with Crippen LogP contribution in [-0.2, 0) is 6.54 Å². The molecule has 1 amide bonds. The fraction of sp³-hybridized carbons (Fsp3) is 0.0476. The molecule has 0 unspecified atom stereocenters. The molecule has 4 heteroatoms. The Labute approximate surface area is 145 Å². The van der Waals surface area contributed by atoms with Crippen molar-refractivity contribution in [2.45, 2.75) is 6.54 Å². The molecule has 0 saturated carbocycles. The maximum Gasteiger partial charge on any atom is 0.251 e. The largest absolute Gasteiger partial charge is 0.348 e. The van der Waals surface area contributed by atoms with Crippen molar-refractivity contribution in [3.05, 3.63) is 107 Å². The fourth-order valence-electron chi connectivity index (χ4n) is 2.42. The molecule has 0 atom stereocenters. The van der Waals surface area contributed by atoms with Crippen molar-refractivity contribution in [3.63, 3.8) is 0 Å². The second-order valence-corrected chi connectivity index (χ2v) is 5.58. The minimum absolute atomic E-state index is 0.0844. The lowest BCUT2D eigenvalue weighted by Gasteiger charge is -2.06. The summed E-state index contributed by atoms with van der Waals surface area (Å²) in [7, 11) is 0. The highest BCUT2D eigenvalue weighted by Gasteiger charge is 2.10. The monoisotopic (exact) mass is 333 g/mol. The van der Waals surface area contributed by atoms with E-state index in [9.17, 15) is 14.0 Å². The Morgan fingerprint density at radius 1 is 0.720 bits per heavy atom. The van der Waals surface area contributed by atoms with Gasteiger partial charge in [0.1, 0.15) is 5.82 Å². The number of carbonyl (C=O) groups excluding carboxylic acids is 2. The maximum atomic E-state index is 12.9. The zero-order valence-corrected chi connectivity index (χ0v) is 13.4. The number of halogens is 1. The van der Waals surface area contributed by atoms with Crippen LogP contribution in [0, 0.1) is 5.82 Å². The van der Waals surface area contributed by atoms with Crippen molar-refractivity contribution in [1.82, 2.24) is 5.32 Å². The molecule has 0 aliphatic carbocycles. The van der Waals surface area contributed by atoms with Crippen LogP contribution in [-0.4, -0.2) is 11.7 Å². The molecule has 0 fully saturated rings. The summed E-state index contributed by atoms with van der Waals surface area (Å²) in [6.45, 7) is 0.309. The first-order valence-corrected chi connectivity index (χ1v) is 7.86. The smallest absolute Gasteiger partial charge is 0.251 e. The van der Waals surface area contributed by atoms with Gasteiger partial charge >= 0.3 is 0 Å². The summed E-state index contributed by atoms with van der Waals surface area (Å²) in [5.74, 6) is -0.643. The van der Waals surface area contributed by atoms with Crippen LogP contribution in [0.15, 0.2) is 78.9 Å². The van der Waals surface area contributed by atoms with Gasteiger partial charge in [0.05, 0.1) is 0 Å². The highest BCUT2D eigenvalue weighted by Crippen LogP contribution is 2.11. The SMILES string of the molecule is O=C(NCc1ccc(F)cc1)c1ccc(C(=O)c2ccccc2)cc1. The molecular weight excluding hydrogens is 317 g/mol. The summed E-state index contributed by atoms with van der Waals surface area (Å²) < 4.78 is 12.9. The molecule has 0 radical (unpaired) electrons. The van der Waals surface area contributed by atoms with Crippen LogP contribution in [0.4, 0.5) is 4.39 Å². The van der Waals surface area contributed by atoms with E-state index in [0.717, 1.165) is 5.56 Å². The van der Waals surface area contributed by atoms with Crippen LogP contribution in [0.1, 0.15) is 31.8 Å². The Kier molecular flexibility index (Phi) is 5.00. The minimum atomic E-state index is -0.311. The highest BCUT2D eigenvalue weighted by atomic mass is 19.1. The van der Waals surface area contributed by atoms with Gasteiger partial charge in [0.15, 0.2) is 5.78 Å². The predicted molar refractivity (Wildman–Crippen MR) is 93.9 cm³/mol. The van der Waals surface area contributed by atoms with Crippen molar-refractivity contribution in [2.24, 2.45) is 0 Å². The molecule has 0 heterocycles. The highest BCUT2D eigenvalue weighted by molar-refractivity contribution is 6.09. The molecule has 124 valence electrons. The number of carbonyl (C=O) groups is 2. The first-order valence-electron chi connectivity index (χ1n) is 7.86. The summed E-state index contributed by atoms with van der Waals surface area (Å²) in [6, 6.07) is 21.5. The molecule has 0 bridgehead atoms. The molecule has 3 nitrogen and oxygen atoms in total. The van der Waals surface area contributed by atoms with Gasteiger partial charge in [-0.15, -0.1) is 0 Å². The fourth-order valence-corrected chi connectivity index (χ4v) is 2.42. The molecule has 0 spiro atoms. The van der Waals surface area contributed by atoms with E-state index in [0.29, 0.717) is 23.2 Å².